The summed E-state index contributed by atoms with van der Waals surface area (Å²) in [5, 5.41) is 0. The molecule has 0 rings (SSSR count). The van der Waals surface area contributed by atoms with Gasteiger partial charge in [0.1, 0.15) is 0 Å². The Kier molecular flexibility index (Phi) is 45.7. The average molecular weight is 168 g/mol. The topological polar surface area (TPSA) is 0 Å². The molecule has 0 amide bonds. The summed E-state index contributed by atoms with van der Waals surface area (Å²) in [6.45, 7) is 21.2. The number of hydrogen-bond acceptors (Lipinski definition) is 0. The summed E-state index contributed by atoms with van der Waals surface area (Å²) in [7, 11) is 0. The second-order valence-electron chi connectivity index (χ2n) is 2.12. The van der Waals surface area contributed by atoms with Crippen molar-refractivity contribution in [1.82, 2.24) is 0 Å². The SMILES string of the molecule is [CH2+]CC[CH2-].[CH2+]CC[CH2-].[CH2+]CC[CH2-]. The number of rotatable bonds is 3. The molecule has 0 heterocycles. The highest BCUT2D eigenvalue weighted by Crippen LogP contribution is 1.75. The fourth-order valence-corrected chi connectivity index (χ4v) is 0. The lowest BCUT2D eigenvalue weighted by Crippen LogP contribution is -1.49. The average Bonchev–Trinajstić information content (AvgIpc) is 2.18. The Labute approximate surface area is 80.8 Å². The van der Waals surface area contributed by atoms with Crippen LogP contribution in [0.2, 0.25) is 0 Å². The summed E-state index contributed by atoms with van der Waals surface area (Å²) >= 11 is 0. The minimum atomic E-state index is 0.958. The molecule has 0 saturated carbocycles. The van der Waals surface area contributed by atoms with Crippen molar-refractivity contribution in [2.45, 2.75) is 38.5 Å². The van der Waals surface area contributed by atoms with E-state index in [1.165, 1.54) is 0 Å². The third-order valence-corrected chi connectivity index (χ3v) is 0.750. The molecule has 0 heteroatoms. The lowest BCUT2D eigenvalue weighted by Gasteiger charge is -1.71. The molecule has 0 bridgehead atoms. The van der Waals surface area contributed by atoms with Gasteiger partial charge in [-0.3, -0.25) is 0 Å². The van der Waals surface area contributed by atoms with Crippen molar-refractivity contribution in [3.63, 3.8) is 0 Å². The molecule has 12 heavy (non-hydrogen) atoms. The number of unbranched alkanes of at least 4 members (excludes halogenated alkanes) is 3. The predicted molar refractivity (Wildman–Crippen MR) is 59.8 cm³/mol. The Morgan fingerprint density at radius 2 is 0.667 bits per heavy atom. The molecule has 0 aliphatic carbocycles. The van der Waals surface area contributed by atoms with Crippen LogP contribution in [-0.2, 0) is 0 Å². The first-order valence-corrected chi connectivity index (χ1v) is 4.50. The maximum Gasteiger partial charge on any atom is 0.0587 e. The van der Waals surface area contributed by atoms with E-state index in [9.17, 15) is 0 Å². The highest BCUT2D eigenvalue weighted by atomic mass is 13.6. The molecule has 0 nitrogen and oxygen atoms in total. The molecule has 0 radical (unpaired) electrons. The van der Waals surface area contributed by atoms with Crippen molar-refractivity contribution in [3.8, 4) is 0 Å². The fourth-order valence-electron chi connectivity index (χ4n) is 0. The first kappa shape index (κ1) is 17.6. The van der Waals surface area contributed by atoms with Gasteiger partial charge in [-0.1, -0.05) is 0 Å². The van der Waals surface area contributed by atoms with Crippen LogP contribution in [0, 0.1) is 41.5 Å². The Bertz CT molecular complexity index is 15.5. The maximum absolute atomic E-state index is 3.54. The molecule has 0 aromatic rings. The van der Waals surface area contributed by atoms with Crippen LogP contribution in [0.4, 0.5) is 0 Å². The standard InChI is InChI=1S/3C4H8/c3*1-3-4-2/h3*1-4H2. The van der Waals surface area contributed by atoms with Crippen molar-refractivity contribution in [3.05, 3.63) is 41.5 Å². The van der Waals surface area contributed by atoms with Gasteiger partial charge >= 0.3 is 0 Å². The van der Waals surface area contributed by atoms with E-state index in [-0.39, 0.29) is 0 Å². The smallest absolute Gasteiger partial charge is 0.0587 e. The molecular weight excluding hydrogens is 144 g/mol. The largest absolute Gasteiger partial charge is 0.339 e. The molecule has 0 saturated heterocycles. The van der Waals surface area contributed by atoms with E-state index in [1.54, 1.807) is 0 Å². The lowest BCUT2D eigenvalue weighted by atomic mass is 10.4. The zero-order valence-electron chi connectivity index (χ0n) is 8.49. The lowest BCUT2D eigenvalue weighted by molar-refractivity contribution is 1.05. The predicted octanol–water partition coefficient (Wildman–Crippen LogP) is 4.30. The molecule has 0 aliphatic heterocycles. The first-order valence-electron chi connectivity index (χ1n) is 4.50. The molecule has 0 aromatic carbocycles. The van der Waals surface area contributed by atoms with E-state index in [2.05, 4.69) is 41.5 Å². The Morgan fingerprint density at radius 3 is 0.667 bits per heavy atom. The summed E-state index contributed by atoms with van der Waals surface area (Å²) in [5.41, 5.74) is 0. The van der Waals surface area contributed by atoms with Crippen LogP contribution in [-0.4, -0.2) is 0 Å². The van der Waals surface area contributed by atoms with Gasteiger partial charge in [0, 0.05) is 0 Å². The highest BCUT2D eigenvalue weighted by Gasteiger charge is 1.58. The second kappa shape index (κ2) is 31.1. The van der Waals surface area contributed by atoms with Gasteiger partial charge in [0.2, 0.25) is 0 Å². The molecular formula is C12H24. The van der Waals surface area contributed by atoms with E-state index >= 15 is 0 Å². The normalized spacial score (nSPS) is 7.25. The van der Waals surface area contributed by atoms with E-state index < -0.39 is 0 Å². The van der Waals surface area contributed by atoms with Gasteiger partial charge in [0.25, 0.3) is 0 Å². The molecule has 0 unspecified atom stereocenters. The zero-order chi connectivity index (χ0) is 10.2. The van der Waals surface area contributed by atoms with Crippen molar-refractivity contribution >= 4 is 0 Å². The van der Waals surface area contributed by atoms with E-state index in [0.29, 0.717) is 0 Å². The summed E-state index contributed by atoms with van der Waals surface area (Å²) in [6, 6.07) is 0. The molecule has 0 spiro atoms. The van der Waals surface area contributed by atoms with Crippen LogP contribution < -0.4 is 0 Å². The van der Waals surface area contributed by atoms with Crippen LogP contribution >= 0.6 is 0 Å². The summed E-state index contributed by atoms with van der Waals surface area (Å²) in [4.78, 5) is 0. The highest BCUT2D eigenvalue weighted by molar-refractivity contribution is 4.39. The van der Waals surface area contributed by atoms with Crippen LogP contribution in [0.1, 0.15) is 38.5 Å². The van der Waals surface area contributed by atoms with Crippen molar-refractivity contribution < 1.29 is 0 Å². The number of hydrogen-bond donors (Lipinski definition) is 0. The van der Waals surface area contributed by atoms with Gasteiger partial charge in [-0.2, -0.15) is 0 Å². The molecule has 72 valence electrons. The monoisotopic (exact) mass is 168 g/mol. The Hall–Kier alpha value is -0.390. The third kappa shape index (κ3) is 105. The van der Waals surface area contributed by atoms with Gasteiger partial charge in [0.15, 0.2) is 0 Å². The summed E-state index contributed by atoms with van der Waals surface area (Å²) < 4.78 is 0. The van der Waals surface area contributed by atoms with Crippen LogP contribution in [0.3, 0.4) is 0 Å². The van der Waals surface area contributed by atoms with E-state index in [4.69, 9.17) is 0 Å². The molecule has 0 atom stereocenters. The van der Waals surface area contributed by atoms with Crippen molar-refractivity contribution in [2.24, 2.45) is 0 Å². The molecule has 0 N–H and O–H groups in total. The van der Waals surface area contributed by atoms with Gasteiger partial charge in [-0.15, -0.1) is 19.3 Å². The van der Waals surface area contributed by atoms with Crippen molar-refractivity contribution in [2.75, 3.05) is 0 Å². The zero-order valence-corrected chi connectivity index (χ0v) is 8.49. The third-order valence-electron chi connectivity index (χ3n) is 0.750. The van der Waals surface area contributed by atoms with Crippen LogP contribution in [0.25, 0.3) is 0 Å². The fraction of sp³-hybridized carbons (Fsp3) is 0.500. The van der Waals surface area contributed by atoms with Crippen LogP contribution in [0.5, 0.6) is 0 Å². The van der Waals surface area contributed by atoms with Gasteiger partial charge in [0.05, 0.1) is 40.0 Å². The summed E-state index contributed by atoms with van der Waals surface area (Å²) in [5.74, 6) is 0. The molecule has 0 aromatic heterocycles. The van der Waals surface area contributed by atoms with Crippen molar-refractivity contribution in [1.29, 1.82) is 0 Å². The summed E-state index contributed by atoms with van der Waals surface area (Å²) in [6.07, 6.45) is 5.75. The van der Waals surface area contributed by atoms with E-state index in [0.717, 1.165) is 38.5 Å². The van der Waals surface area contributed by atoms with E-state index in [1.807, 2.05) is 0 Å². The quantitative estimate of drug-likeness (QED) is 0.551. The Balaban J connectivity index is -0.000000101. The Morgan fingerprint density at radius 1 is 0.583 bits per heavy atom. The van der Waals surface area contributed by atoms with Crippen LogP contribution in [0.15, 0.2) is 0 Å². The molecule has 0 fully saturated rings. The van der Waals surface area contributed by atoms with Gasteiger partial charge in [-0.05, 0) is 0 Å². The maximum atomic E-state index is 3.54. The second-order valence-corrected chi connectivity index (χ2v) is 2.12. The minimum Gasteiger partial charge on any atom is -0.339 e. The van der Waals surface area contributed by atoms with Gasteiger partial charge < -0.3 is 20.8 Å². The van der Waals surface area contributed by atoms with Gasteiger partial charge in [-0.25, -0.2) is 0 Å². The minimum absolute atomic E-state index is 0.958. The first-order chi connectivity index (χ1) is 5.74. The molecule has 0 aliphatic rings.